The number of likely N-dealkylation sites (tertiary alicyclic amines) is 1. The molecule has 2 aromatic heterocycles. The second-order valence-corrected chi connectivity index (χ2v) is 10.2. The number of aromatic nitrogens is 3. The molecule has 1 unspecified atom stereocenters. The van der Waals surface area contributed by atoms with Gasteiger partial charge in [-0.15, -0.1) is 0 Å². The van der Waals surface area contributed by atoms with E-state index in [0.717, 1.165) is 43.7 Å². The van der Waals surface area contributed by atoms with Gasteiger partial charge < -0.3 is 19.1 Å². The molecule has 224 valence electrons. The second kappa shape index (κ2) is 15.0. The van der Waals surface area contributed by atoms with Crippen LogP contribution in [0.5, 0.6) is 5.75 Å². The molecule has 42 heavy (non-hydrogen) atoms. The summed E-state index contributed by atoms with van der Waals surface area (Å²) in [6, 6.07) is 12.3. The molecule has 1 atom stereocenters. The van der Waals surface area contributed by atoms with Crippen LogP contribution in [0.15, 0.2) is 54.7 Å². The van der Waals surface area contributed by atoms with Gasteiger partial charge in [0, 0.05) is 17.8 Å². The van der Waals surface area contributed by atoms with Gasteiger partial charge >= 0.3 is 5.97 Å². The molecule has 0 radical (unpaired) electrons. The number of benzene rings is 2. The summed E-state index contributed by atoms with van der Waals surface area (Å²) in [4.78, 5) is 22.1. The summed E-state index contributed by atoms with van der Waals surface area (Å²) in [7, 11) is 0. The highest BCUT2D eigenvalue weighted by Gasteiger charge is 2.25. The van der Waals surface area contributed by atoms with Crippen LogP contribution >= 0.6 is 11.6 Å². The number of hydrogen-bond acceptors (Lipinski definition) is 6. The van der Waals surface area contributed by atoms with Gasteiger partial charge in [-0.25, -0.2) is 18.6 Å². The number of rotatable bonds is 8. The Hall–Kier alpha value is -3.60. The van der Waals surface area contributed by atoms with E-state index >= 15 is 0 Å². The fourth-order valence-corrected chi connectivity index (χ4v) is 4.84. The minimum Gasteiger partial charge on any atom is -0.484 e. The first-order chi connectivity index (χ1) is 20.4. The van der Waals surface area contributed by atoms with Gasteiger partial charge in [-0.2, -0.15) is 0 Å². The van der Waals surface area contributed by atoms with E-state index in [-0.39, 0.29) is 29.5 Å². The van der Waals surface area contributed by atoms with Gasteiger partial charge in [0.25, 0.3) is 0 Å². The van der Waals surface area contributed by atoms with Gasteiger partial charge in [0.1, 0.15) is 17.9 Å². The van der Waals surface area contributed by atoms with E-state index in [4.69, 9.17) is 21.1 Å². The molecule has 11 heteroatoms. The molecule has 2 aromatic carbocycles. The highest BCUT2D eigenvalue weighted by atomic mass is 35.5. The van der Waals surface area contributed by atoms with E-state index < -0.39 is 17.6 Å². The molecule has 1 N–H and O–H groups in total. The lowest BCUT2D eigenvalue weighted by Crippen LogP contribution is -2.32. The highest BCUT2D eigenvalue weighted by Crippen LogP contribution is 2.26. The summed E-state index contributed by atoms with van der Waals surface area (Å²) in [5.74, 6) is -1.23. The molecule has 0 amide bonds. The number of fused-ring (bicyclic) bond motifs is 1. The summed E-state index contributed by atoms with van der Waals surface area (Å²) in [5.41, 5.74) is 1.48. The summed E-state index contributed by atoms with van der Waals surface area (Å²) in [6.45, 7) is 8.26. The maximum absolute atomic E-state index is 14.4. The zero-order chi connectivity index (χ0) is 30.1. The summed E-state index contributed by atoms with van der Waals surface area (Å²) >= 11 is 5.63. The summed E-state index contributed by atoms with van der Waals surface area (Å²) in [5, 5.41) is 9.56. The Bertz CT molecular complexity index is 1480. The molecule has 6 rings (SSSR count). The summed E-state index contributed by atoms with van der Waals surface area (Å²) in [6.07, 6.45) is 5.06. The molecule has 0 bridgehead atoms. The number of nitrogens with zero attached hydrogens (tertiary/aromatic N) is 4. The van der Waals surface area contributed by atoms with Gasteiger partial charge in [-0.1, -0.05) is 31.5 Å². The normalized spacial score (nSPS) is 16.2. The van der Waals surface area contributed by atoms with Crippen LogP contribution < -0.4 is 4.74 Å². The molecule has 8 nitrogen and oxygen atoms in total. The number of carboxylic acid groups (broad SMARTS) is 1. The van der Waals surface area contributed by atoms with Crippen LogP contribution in [0.25, 0.3) is 11.0 Å². The lowest BCUT2D eigenvalue weighted by molar-refractivity contribution is -0.0591. The molecule has 2 fully saturated rings. The van der Waals surface area contributed by atoms with Crippen molar-refractivity contribution in [1.29, 1.82) is 0 Å². The van der Waals surface area contributed by atoms with Crippen LogP contribution in [-0.2, 0) is 24.4 Å². The third-order valence-electron chi connectivity index (χ3n) is 6.87. The minimum atomic E-state index is -1.13. The van der Waals surface area contributed by atoms with Crippen molar-refractivity contribution in [2.45, 2.75) is 58.9 Å². The molecule has 0 saturated carbocycles. The van der Waals surface area contributed by atoms with Crippen molar-refractivity contribution in [3.8, 4) is 5.75 Å². The predicted molar refractivity (Wildman–Crippen MR) is 157 cm³/mol. The average molecular weight is 601 g/mol. The van der Waals surface area contributed by atoms with Crippen molar-refractivity contribution < 1.29 is 28.2 Å². The molecule has 2 aliphatic heterocycles. The van der Waals surface area contributed by atoms with Gasteiger partial charge in [-0.3, -0.25) is 9.88 Å². The van der Waals surface area contributed by atoms with Crippen LogP contribution in [0, 0.1) is 11.6 Å². The number of carbonyl (C=O) groups is 1. The zero-order valence-corrected chi connectivity index (χ0v) is 24.5. The third-order valence-corrected chi connectivity index (χ3v) is 7.11. The Balaban J connectivity index is 0.000000196. The second-order valence-electron chi connectivity index (χ2n) is 9.72. The molecular weight excluding hydrogens is 566 g/mol. The van der Waals surface area contributed by atoms with Gasteiger partial charge in [0.15, 0.2) is 17.4 Å². The smallest absolute Gasteiger partial charge is 0.335 e. The van der Waals surface area contributed by atoms with E-state index in [1.807, 2.05) is 36.6 Å². The lowest BCUT2D eigenvalue weighted by Gasteiger charge is -2.28. The topological polar surface area (TPSA) is 89.7 Å². The Kier molecular flexibility index (Phi) is 11.2. The van der Waals surface area contributed by atoms with Crippen LogP contribution in [0.3, 0.4) is 0 Å². The first kappa shape index (κ1) is 31.3. The Morgan fingerprint density at radius 3 is 2.50 bits per heavy atom. The number of aromatic carboxylic acids is 1. The molecule has 0 spiro atoms. The predicted octanol–water partition coefficient (Wildman–Crippen LogP) is 6.74. The van der Waals surface area contributed by atoms with Crippen LogP contribution in [0.2, 0.25) is 5.02 Å². The number of pyridine rings is 1. The summed E-state index contributed by atoms with van der Waals surface area (Å²) < 4.78 is 40.4. The molecule has 2 aliphatic rings. The maximum Gasteiger partial charge on any atom is 0.335 e. The quantitative estimate of drug-likeness (QED) is 0.240. The first-order valence-electron chi connectivity index (χ1n) is 14.1. The molecule has 0 aliphatic carbocycles. The molecule has 4 heterocycles. The van der Waals surface area contributed by atoms with Crippen molar-refractivity contribution in [1.82, 2.24) is 19.4 Å². The SMILES string of the molecule is CC.Fc1cc(Cl)ccc1OCc1ccccn1.O=C(O)c1cc(F)c2nc(CN3CCCC3)n(CC3CCO3)c2c1. The van der Waals surface area contributed by atoms with Crippen molar-refractivity contribution in [3.63, 3.8) is 0 Å². The van der Waals surface area contributed by atoms with Gasteiger partial charge in [-0.05, 0) is 74.8 Å². The Morgan fingerprint density at radius 2 is 1.88 bits per heavy atom. The third kappa shape index (κ3) is 8.02. The van der Waals surface area contributed by atoms with E-state index in [1.54, 1.807) is 12.3 Å². The molecular formula is C31H35ClF2N4O4. The van der Waals surface area contributed by atoms with E-state index in [1.165, 1.54) is 31.0 Å². The van der Waals surface area contributed by atoms with Crippen LogP contribution in [0.4, 0.5) is 8.78 Å². The van der Waals surface area contributed by atoms with Crippen LogP contribution in [0.1, 0.15) is 55.0 Å². The Labute approximate surface area is 248 Å². The van der Waals surface area contributed by atoms with Crippen molar-refractivity contribution >= 4 is 28.6 Å². The van der Waals surface area contributed by atoms with Crippen LogP contribution in [-0.4, -0.2) is 56.3 Å². The monoisotopic (exact) mass is 600 g/mol. The van der Waals surface area contributed by atoms with Crippen molar-refractivity contribution in [2.24, 2.45) is 0 Å². The fraction of sp³-hybridized carbons (Fsp3) is 0.387. The number of ether oxygens (including phenoxy) is 2. The van der Waals surface area contributed by atoms with E-state index in [0.29, 0.717) is 23.6 Å². The number of imidazole rings is 1. The lowest BCUT2D eigenvalue weighted by atomic mass is 10.1. The fourth-order valence-electron chi connectivity index (χ4n) is 4.68. The van der Waals surface area contributed by atoms with Gasteiger partial charge in [0.2, 0.25) is 0 Å². The number of hydrogen-bond donors (Lipinski definition) is 1. The minimum absolute atomic E-state index is 0.0524. The van der Waals surface area contributed by atoms with E-state index in [2.05, 4.69) is 14.9 Å². The van der Waals surface area contributed by atoms with E-state index in [9.17, 15) is 18.7 Å². The van der Waals surface area contributed by atoms with Crippen molar-refractivity contribution in [3.05, 3.63) is 88.5 Å². The number of halogens is 3. The highest BCUT2D eigenvalue weighted by molar-refractivity contribution is 6.30. The van der Waals surface area contributed by atoms with Crippen molar-refractivity contribution in [2.75, 3.05) is 19.7 Å². The molecule has 4 aromatic rings. The van der Waals surface area contributed by atoms with Gasteiger partial charge in [0.05, 0.1) is 36.0 Å². The largest absolute Gasteiger partial charge is 0.484 e. The maximum atomic E-state index is 14.4. The molecule has 2 saturated heterocycles. The zero-order valence-electron chi connectivity index (χ0n) is 23.7. The first-order valence-corrected chi connectivity index (χ1v) is 14.5. The number of carboxylic acids is 1. The standard InChI is InChI=1S/C17H20FN3O3.C12H9ClFNO.C2H6/c18-13-7-11(17(22)23)8-14-16(13)19-15(10-20-4-1-2-5-20)21(14)9-12-3-6-24-12;13-9-4-5-12(11(14)7-9)16-8-10-3-1-2-6-15-10;1-2/h7-8,12H,1-6,9-10H2,(H,22,23);1-7H,8H2;1-2H3. The average Bonchev–Trinajstić information content (AvgIpc) is 3.60. The Morgan fingerprint density at radius 1 is 1.12 bits per heavy atom.